The lowest BCUT2D eigenvalue weighted by Crippen LogP contribution is -2.34. The Balaban J connectivity index is 1.94. The molecule has 3 aromatic rings. The van der Waals surface area contributed by atoms with E-state index in [4.69, 9.17) is 11.0 Å². The van der Waals surface area contributed by atoms with Gasteiger partial charge in [-0.3, -0.25) is 0 Å². The van der Waals surface area contributed by atoms with E-state index in [9.17, 15) is 30.7 Å². The highest BCUT2D eigenvalue weighted by atomic mass is 19.4. The van der Waals surface area contributed by atoms with Crippen molar-refractivity contribution in [1.82, 2.24) is 10.2 Å². The van der Waals surface area contributed by atoms with Crippen LogP contribution in [0.15, 0.2) is 46.9 Å². The molecule has 31 heavy (non-hydrogen) atoms. The summed E-state index contributed by atoms with van der Waals surface area (Å²) >= 11 is 0. The van der Waals surface area contributed by atoms with Crippen molar-refractivity contribution in [3.8, 4) is 11.5 Å². The highest BCUT2D eigenvalue weighted by Crippen LogP contribution is 2.39. The molecule has 0 bridgehead atoms. The molecular formula is C19H11F7N4O. The predicted molar refractivity (Wildman–Crippen MR) is 94.5 cm³/mol. The second-order valence-electron chi connectivity index (χ2n) is 6.29. The predicted octanol–water partition coefficient (Wildman–Crippen LogP) is 6.01. The molecule has 0 saturated heterocycles. The third kappa shape index (κ3) is 5.50. The summed E-state index contributed by atoms with van der Waals surface area (Å²) in [7, 11) is 0. The van der Waals surface area contributed by atoms with Gasteiger partial charge >= 0.3 is 12.4 Å². The van der Waals surface area contributed by atoms with Crippen LogP contribution in [-0.4, -0.2) is 22.9 Å². The Labute approximate surface area is 170 Å². The molecule has 0 fully saturated rings. The van der Waals surface area contributed by atoms with E-state index in [1.807, 2.05) is 0 Å². The minimum absolute atomic E-state index is 0.0960. The Morgan fingerprint density at radius 3 is 2.23 bits per heavy atom. The van der Waals surface area contributed by atoms with Crippen LogP contribution in [0.4, 0.5) is 42.1 Å². The van der Waals surface area contributed by atoms with Gasteiger partial charge in [-0.1, -0.05) is 6.07 Å². The zero-order valence-corrected chi connectivity index (χ0v) is 15.3. The number of aromatic nitrogens is 2. The van der Waals surface area contributed by atoms with Gasteiger partial charge in [-0.15, -0.1) is 10.2 Å². The molecule has 0 aliphatic carbocycles. The topological polar surface area (TPSA) is 46.5 Å². The van der Waals surface area contributed by atoms with Gasteiger partial charge in [0.2, 0.25) is 11.8 Å². The minimum Gasteiger partial charge on any atom is -0.419 e. The van der Waals surface area contributed by atoms with Crippen molar-refractivity contribution in [3.05, 3.63) is 71.2 Å². The molecule has 0 saturated carbocycles. The lowest BCUT2D eigenvalue weighted by Gasteiger charge is -2.25. The highest BCUT2D eigenvalue weighted by Gasteiger charge is 2.36. The zero-order valence-electron chi connectivity index (χ0n) is 15.3. The Kier molecular flexibility index (Phi) is 5.88. The fourth-order valence-electron chi connectivity index (χ4n) is 2.69. The maximum atomic E-state index is 13.2. The van der Waals surface area contributed by atoms with Gasteiger partial charge in [-0.2, -0.15) is 26.3 Å². The molecule has 1 aromatic heterocycles. The molecule has 5 nitrogen and oxygen atoms in total. The maximum Gasteiger partial charge on any atom is 0.407 e. The van der Waals surface area contributed by atoms with Crippen molar-refractivity contribution in [3.63, 3.8) is 0 Å². The number of alkyl halides is 6. The van der Waals surface area contributed by atoms with Crippen LogP contribution in [0, 0.1) is 12.4 Å². The van der Waals surface area contributed by atoms with E-state index in [1.54, 1.807) is 0 Å². The van der Waals surface area contributed by atoms with E-state index in [0.29, 0.717) is 16.5 Å². The van der Waals surface area contributed by atoms with Crippen LogP contribution in [0.25, 0.3) is 16.3 Å². The Morgan fingerprint density at radius 2 is 1.65 bits per heavy atom. The maximum absolute atomic E-state index is 13.2. The van der Waals surface area contributed by atoms with Crippen molar-refractivity contribution in [2.75, 3.05) is 11.4 Å². The first-order valence-electron chi connectivity index (χ1n) is 8.45. The second-order valence-corrected chi connectivity index (χ2v) is 6.29. The smallest absolute Gasteiger partial charge is 0.407 e. The van der Waals surface area contributed by atoms with Crippen LogP contribution in [0.2, 0.25) is 0 Å². The molecule has 12 heteroatoms. The average molecular weight is 444 g/mol. The fourth-order valence-corrected chi connectivity index (χ4v) is 2.69. The minimum atomic E-state index is -4.93. The summed E-state index contributed by atoms with van der Waals surface area (Å²) in [5, 5.41) is 7.30. The third-order valence-corrected chi connectivity index (χ3v) is 4.03. The van der Waals surface area contributed by atoms with Gasteiger partial charge < -0.3 is 9.32 Å². The van der Waals surface area contributed by atoms with Crippen LogP contribution in [0.1, 0.15) is 11.5 Å². The van der Waals surface area contributed by atoms with Gasteiger partial charge in [0.1, 0.15) is 12.4 Å². The first-order chi connectivity index (χ1) is 14.5. The standard InChI is InChI=1S/C19H11F7N4O/c1-27-15-7-6-13(8-14(15)19(24,25)26)30(10-18(21,22)23)9-16-28-29-17(31-16)11-2-4-12(20)5-3-11/h2-8H,9-10H2. The Bertz CT molecular complexity index is 1100. The SMILES string of the molecule is [C-]#[N+]c1ccc(N(Cc2nnc(-c3ccc(F)cc3)o2)CC(F)(F)F)cc1C(F)(F)F. The van der Waals surface area contributed by atoms with E-state index < -0.39 is 48.2 Å². The van der Waals surface area contributed by atoms with Crippen molar-refractivity contribution < 1.29 is 35.2 Å². The number of anilines is 1. The molecule has 0 amide bonds. The van der Waals surface area contributed by atoms with Gasteiger partial charge in [-0.25, -0.2) is 9.24 Å². The van der Waals surface area contributed by atoms with Gasteiger partial charge in [0.15, 0.2) is 5.69 Å². The number of halogens is 7. The molecule has 1 heterocycles. The Hall–Kier alpha value is -3.62. The molecule has 162 valence electrons. The number of nitrogens with zero attached hydrogens (tertiary/aromatic N) is 4. The molecule has 0 aliphatic rings. The van der Waals surface area contributed by atoms with Crippen molar-refractivity contribution in [1.29, 1.82) is 0 Å². The van der Waals surface area contributed by atoms with Crippen molar-refractivity contribution in [2.24, 2.45) is 0 Å². The molecule has 3 rings (SSSR count). The van der Waals surface area contributed by atoms with Crippen LogP contribution in [0.3, 0.4) is 0 Å². The zero-order chi connectivity index (χ0) is 22.8. The van der Waals surface area contributed by atoms with Crippen LogP contribution in [-0.2, 0) is 12.7 Å². The van der Waals surface area contributed by atoms with E-state index in [0.717, 1.165) is 24.3 Å². The summed E-state index contributed by atoms with van der Waals surface area (Å²) in [6.07, 6.45) is -9.68. The summed E-state index contributed by atoms with van der Waals surface area (Å²) in [6, 6.07) is 7.12. The highest BCUT2D eigenvalue weighted by molar-refractivity contribution is 5.62. The number of benzene rings is 2. The van der Waals surface area contributed by atoms with E-state index >= 15 is 0 Å². The van der Waals surface area contributed by atoms with E-state index in [2.05, 4.69) is 15.0 Å². The molecule has 0 atom stereocenters. The molecule has 0 aliphatic heterocycles. The largest absolute Gasteiger partial charge is 0.419 e. The van der Waals surface area contributed by atoms with Gasteiger partial charge in [-0.05, 0) is 36.4 Å². The second kappa shape index (κ2) is 8.25. The normalized spacial score (nSPS) is 11.9. The molecule has 0 radical (unpaired) electrons. The van der Waals surface area contributed by atoms with Crippen molar-refractivity contribution in [2.45, 2.75) is 18.9 Å². The monoisotopic (exact) mass is 444 g/mol. The fraction of sp³-hybridized carbons (Fsp3) is 0.211. The quantitative estimate of drug-likeness (QED) is 0.357. The summed E-state index contributed by atoms with van der Waals surface area (Å²) in [5.41, 5.74) is -2.22. The number of rotatable bonds is 5. The summed E-state index contributed by atoms with van der Waals surface area (Å²) in [5.74, 6) is -0.921. The first-order valence-corrected chi connectivity index (χ1v) is 8.45. The summed E-state index contributed by atoms with van der Waals surface area (Å²) in [6.45, 7) is 4.59. The lowest BCUT2D eigenvalue weighted by atomic mass is 10.1. The summed E-state index contributed by atoms with van der Waals surface area (Å²) < 4.78 is 97.1. The number of hydrogen-bond donors (Lipinski definition) is 0. The average Bonchev–Trinajstić information content (AvgIpc) is 3.14. The van der Waals surface area contributed by atoms with Gasteiger partial charge in [0.05, 0.1) is 18.7 Å². The van der Waals surface area contributed by atoms with Gasteiger partial charge in [0, 0.05) is 11.3 Å². The molecule has 0 spiro atoms. The van der Waals surface area contributed by atoms with Crippen LogP contribution in [0.5, 0.6) is 0 Å². The van der Waals surface area contributed by atoms with Crippen LogP contribution >= 0.6 is 0 Å². The lowest BCUT2D eigenvalue weighted by molar-refractivity contribution is -0.136. The first kappa shape index (κ1) is 22.1. The van der Waals surface area contributed by atoms with Gasteiger partial charge in [0.25, 0.3) is 0 Å². The molecule has 2 aromatic carbocycles. The molecule has 0 unspecified atom stereocenters. The third-order valence-electron chi connectivity index (χ3n) is 4.03. The summed E-state index contributed by atoms with van der Waals surface area (Å²) in [4.78, 5) is 3.34. The molecular weight excluding hydrogens is 433 g/mol. The van der Waals surface area contributed by atoms with E-state index in [1.165, 1.54) is 12.1 Å². The van der Waals surface area contributed by atoms with Crippen LogP contribution < -0.4 is 4.90 Å². The number of hydrogen-bond acceptors (Lipinski definition) is 4. The van der Waals surface area contributed by atoms with Crippen molar-refractivity contribution >= 4 is 11.4 Å². The van der Waals surface area contributed by atoms with E-state index in [-0.39, 0.29) is 11.8 Å². The Morgan fingerprint density at radius 1 is 0.968 bits per heavy atom. The molecule has 0 N–H and O–H groups in total.